The normalized spacial score (nSPS) is 11.5. The van der Waals surface area contributed by atoms with E-state index in [1.807, 2.05) is 14.0 Å². The Kier molecular flexibility index (Phi) is 3.90. The molecule has 0 saturated heterocycles. The molecule has 1 aromatic rings. The summed E-state index contributed by atoms with van der Waals surface area (Å²) < 4.78 is 0. The number of aromatic nitrogens is 3. The zero-order valence-electron chi connectivity index (χ0n) is 8.76. The highest BCUT2D eigenvalue weighted by molar-refractivity contribution is 5.79. The molecule has 0 fully saturated rings. The molecule has 0 amide bonds. The van der Waals surface area contributed by atoms with Crippen LogP contribution < -0.4 is 10.6 Å². The second-order valence-corrected chi connectivity index (χ2v) is 2.73. The highest BCUT2D eigenvalue weighted by Crippen LogP contribution is 1.92. The Morgan fingerprint density at radius 2 is 2.36 bits per heavy atom. The molecule has 78 valence electrons. The first-order valence-electron chi connectivity index (χ1n) is 4.58. The van der Waals surface area contributed by atoms with Gasteiger partial charge in [0.2, 0.25) is 0 Å². The molecule has 0 unspecified atom stereocenters. The van der Waals surface area contributed by atoms with Crippen LogP contribution in [-0.4, -0.2) is 35.2 Å². The van der Waals surface area contributed by atoms with E-state index in [1.54, 1.807) is 7.05 Å². The fourth-order valence-electron chi connectivity index (χ4n) is 1.02. The van der Waals surface area contributed by atoms with Crippen molar-refractivity contribution in [3.8, 4) is 0 Å². The Hall–Kier alpha value is -1.59. The van der Waals surface area contributed by atoms with Gasteiger partial charge in [0.05, 0.1) is 6.54 Å². The number of aliphatic imine (C=N–C) groups is 1. The number of aromatic amines is 1. The van der Waals surface area contributed by atoms with Gasteiger partial charge in [-0.25, -0.2) is 4.98 Å². The minimum atomic E-state index is 0.598. The van der Waals surface area contributed by atoms with Crippen molar-refractivity contribution < 1.29 is 0 Å². The second-order valence-electron chi connectivity index (χ2n) is 2.73. The fraction of sp³-hybridized carbons (Fsp3) is 0.625. The Bertz CT molecular complexity index is 303. The van der Waals surface area contributed by atoms with Gasteiger partial charge in [0.1, 0.15) is 5.82 Å². The molecular formula is C8H16N6. The van der Waals surface area contributed by atoms with Gasteiger partial charge in [-0.3, -0.25) is 10.1 Å². The molecule has 6 heteroatoms. The van der Waals surface area contributed by atoms with E-state index in [4.69, 9.17) is 0 Å². The zero-order valence-corrected chi connectivity index (χ0v) is 8.76. The molecule has 1 heterocycles. The molecular weight excluding hydrogens is 180 g/mol. The van der Waals surface area contributed by atoms with Gasteiger partial charge in [-0.05, 0) is 0 Å². The minimum Gasteiger partial charge on any atom is -0.359 e. The summed E-state index contributed by atoms with van der Waals surface area (Å²) in [5.74, 6) is 2.39. The second kappa shape index (κ2) is 5.21. The molecule has 0 aliphatic rings. The van der Waals surface area contributed by atoms with E-state index >= 15 is 0 Å². The van der Waals surface area contributed by atoms with E-state index in [0.29, 0.717) is 6.54 Å². The van der Waals surface area contributed by atoms with Crippen LogP contribution >= 0.6 is 0 Å². The molecule has 0 aliphatic heterocycles. The molecule has 0 bridgehead atoms. The maximum atomic E-state index is 4.26. The average molecular weight is 196 g/mol. The summed E-state index contributed by atoms with van der Waals surface area (Å²) in [4.78, 5) is 8.24. The van der Waals surface area contributed by atoms with Crippen LogP contribution in [0.15, 0.2) is 4.99 Å². The molecule has 1 aromatic heterocycles. The Morgan fingerprint density at radius 1 is 1.57 bits per heavy atom. The fourth-order valence-corrected chi connectivity index (χ4v) is 1.02. The van der Waals surface area contributed by atoms with Gasteiger partial charge in [-0.15, -0.1) is 0 Å². The summed E-state index contributed by atoms with van der Waals surface area (Å²) in [5, 5.41) is 12.9. The van der Waals surface area contributed by atoms with Crippen molar-refractivity contribution in [2.45, 2.75) is 19.9 Å². The summed E-state index contributed by atoms with van der Waals surface area (Å²) in [6, 6.07) is 0. The quantitative estimate of drug-likeness (QED) is 0.456. The van der Waals surface area contributed by atoms with Crippen LogP contribution in [0.25, 0.3) is 0 Å². The van der Waals surface area contributed by atoms with E-state index < -0.39 is 0 Å². The summed E-state index contributed by atoms with van der Waals surface area (Å²) in [6.07, 6.45) is 0.844. The van der Waals surface area contributed by atoms with E-state index in [-0.39, 0.29) is 0 Å². The van der Waals surface area contributed by atoms with Crippen LogP contribution in [-0.2, 0) is 13.0 Å². The monoisotopic (exact) mass is 196 g/mol. The summed E-state index contributed by atoms with van der Waals surface area (Å²) in [5.41, 5.74) is 0. The molecule has 1 rings (SSSR count). The van der Waals surface area contributed by atoms with Gasteiger partial charge in [-0.2, -0.15) is 5.10 Å². The first-order valence-corrected chi connectivity index (χ1v) is 4.58. The van der Waals surface area contributed by atoms with Crippen LogP contribution in [0.1, 0.15) is 18.6 Å². The van der Waals surface area contributed by atoms with E-state index in [0.717, 1.165) is 24.0 Å². The number of hydrogen-bond acceptors (Lipinski definition) is 3. The first-order chi connectivity index (χ1) is 6.80. The zero-order chi connectivity index (χ0) is 10.4. The van der Waals surface area contributed by atoms with E-state index in [2.05, 4.69) is 30.8 Å². The SMILES string of the molecule is CCc1n[nH]c(CNC(=NC)NC)n1. The Balaban J connectivity index is 2.45. The lowest BCUT2D eigenvalue weighted by atomic mass is 10.5. The van der Waals surface area contributed by atoms with E-state index in [9.17, 15) is 0 Å². The Labute approximate surface area is 83.2 Å². The maximum Gasteiger partial charge on any atom is 0.191 e. The van der Waals surface area contributed by atoms with Crippen molar-refractivity contribution in [3.63, 3.8) is 0 Å². The largest absolute Gasteiger partial charge is 0.359 e. The molecule has 0 saturated carbocycles. The van der Waals surface area contributed by atoms with Crippen LogP contribution in [0.2, 0.25) is 0 Å². The number of nitrogens with zero attached hydrogens (tertiary/aromatic N) is 3. The average Bonchev–Trinajstić information content (AvgIpc) is 2.67. The van der Waals surface area contributed by atoms with Crippen molar-refractivity contribution in [2.24, 2.45) is 4.99 Å². The number of H-pyrrole nitrogens is 1. The number of rotatable bonds is 3. The summed E-state index contributed by atoms with van der Waals surface area (Å²) in [6.45, 7) is 2.62. The van der Waals surface area contributed by atoms with Crippen molar-refractivity contribution in [2.75, 3.05) is 14.1 Å². The van der Waals surface area contributed by atoms with Crippen molar-refractivity contribution in [1.29, 1.82) is 0 Å². The van der Waals surface area contributed by atoms with Gasteiger partial charge < -0.3 is 10.6 Å². The summed E-state index contributed by atoms with van der Waals surface area (Å²) in [7, 11) is 3.53. The number of nitrogens with one attached hydrogen (secondary N) is 3. The lowest BCUT2D eigenvalue weighted by molar-refractivity contribution is 0.805. The minimum absolute atomic E-state index is 0.598. The van der Waals surface area contributed by atoms with Gasteiger partial charge in [0.15, 0.2) is 11.8 Å². The highest BCUT2D eigenvalue weighted by Gasteiger charge is 2.01. The number of hydrogen-bond donors (Lipinski definition) is 3. The maximum absolute atomic E-state index is 4.26. The lowest BCUT2D eigenvalue weighted by Crippen LogP contribution is -2.34. The highest BCUT2D eigenvalue weighted by atomic mass is 15.2. The molecule has 0 aliphatic carbocycles. The van der Waals surface area contributed by atoms with Gasteiger partial charge in [0.25, 0.3) is 0 Å². The first kappa shape index (κ1) is 10.5. The third kappa shape index (κ3) is 2.72. The van der Waals surface area contributed by atoms with Crippen molar-refractivity contribution in [3.05, 3.63) is 11.6 Å². The smallest absolute Gasteiger partial charge is 0.191 e. The molecule has 6 nitrogen and oxygen atoms in total. The van der Waals surface area contributed by atoms with Crippen LogP contribution in [0.5, 0.6) is 0 Å². The molecule has 0 aromatic carbocycles. The summed E-state index contributed by atoms with van der Waals surface area (Å²) >= 11 is 0. The Morgan fingerprint density at radius 3 is 2.86 bits per heavy atom. The predicted molar refractivity (Wildman–Crippen MR) is 55.0 cm³/mol. The molecule has 0 spiro atoms. The van der Waals surface area contributed by atoms with Crippen LogP contribution in [0.4, 0.5) is 0 Å². The van der Waals surface area contributed by atoms with Crippen molar-refractivity contribution in [1.82, 2.24) is 25.8 Å². The molecule has 0 atom stereocenters. The van der Waals surface area contributed by atoms with Gasteiger partial charge in [-0.1, -0.05) is 6.92 Å². The van der Waals surface area contributed by atoms with Gasteiger partial charge in [0, 0.05) is 20.5 Å². The lowest BCUT2D eigenvalue weighted by Gasteiger charge is -2.05. The molecule has 14 heavy (non-hydrogen) atoms. The van der Waals surface area contributed by atoms with Gasteiger partial charge >= 0.3 is 0 Å². The third-order valence-electron chi connectivity index (χ3n) is 1.78. The third-order valence-corrected chi connectivity index (χ3v) is 1.78. The molecule has 0 radical (unpaired) electrons. The van der Waals surface area contributed by atoms with E-state index in [1.165, 1.54) is 0 Å². The molecule has 3 N–H and O–H groups in total. The van der Waals surface area contributed by atoms with Crippen molar-refractivity contribution >= 4 is 5.96 Å². The number of aryl methyl sites for hydroxylation is 1. The number of guanidine groups is 1. The topological polar surface area (TPSA) is 78.0 Å². The predicted octanol–water partition coefficient (Wildman–Crippen LogP) is -0.338. The van der Waals surface area contributed by atoms with Crippen LogP contribution in [0, 0.1) is 0 Å². The standard InChI is InChI=1S/C8H16N6/c1-4-6-12-7(14-13-6)5-11-8(9-2)10-3/h4-5H2,1-3H3,(H2,9,10,11)(H,12,13,14). The van der Waals surface area contributed by atoms with Crippen LogP contribution in [0.3, 0.4) is 0 Å².